The summed E-state index contributed by atoms with van der Waals surface area (Å²) in [4.78, 5) is 42.2. The van der Waals surface area contributed by atoms with Crippen LogP contribution in [0.1, 0.15) is 43.8 Å². The zero-order chi connectivity index (χ0) is 25.2. The molecule has 2 aromatic carbocycles. The fourth-order valence-electron chi connectivity index (χ4n) is 4.27. The van der Waals surface area contributed by atoms with E-state index in [1.165, 1.54) is 17.4 Å². The van der Waals surface area contributed by atoms with Gasteiger partial charge < -0.3 is 15.5 Å². The summed E-state index contributed by atoms with van der Waals surface area (Å²) >= 11 is 1.44. The highest BCUT2D eigenvalue weighted by atomic mass is 32.1. The van der Waals surface area contributed by atoms with E-state index in [-0.39, 0.29) is 22.8 Å². The number of halogens is 1. The number of H-pyrrole nitrogens is 1. The Labute approximate surface area is 210 Å². The van der Waals surface area contributed by atoms with Gasteiger partial charge in [0.2, 0.25) is 11.9 Å². The summed E-state index contributed by atoms with van der Waals surface area (Å²) < 4.78 is 13.8. The summed E-state index contributed by atoms with van der Waals surface area (Å²) in [5.74, 6) is -1.50. The highest BCUT2D eigenvalue weighted by Gasteiger charge is 2.29. The molecule has 8 nitrogen and oxygen atoms in total. The normalized spacial score (nSPS) is 13.8. The number of hydrogen-bond donors (Lipinski definition) is 3. The van der Waals surface area contributed by atoms with Crippen LogP contribution >= 0.6 is 11.3 Å². The maximum atomic E-state index is 13.8. The van der Waals surface area contributed by atoms with Gasteiger partial charge in [-0.3, -0.25) is 19.5 Å². The summed E-state index contributed by atoms with van der Waals surface area (Å²) in [6, 6.07) is 14.9. The summed E-state index contributed by atoms with van der Waals surface area (Å²) in [6.45, 7) is 2.71. The van der Waals surface area contributed by atoms with Gasteiger partial charge in [-0.25, -0.2) is 0 Å². The molecule has 1 aliphatic rings. The molecular weight excluding hydrogens is 481 g/mol. The predicted octanol–water partition coefficient (Wildman–Crippen LogP) is 4.11. The second kappa shape index (κ2) is 9.90. The van der Waals surface area contributed by atoms with E-state index in [1.807, 2.05) is 43.3 Å². The van der Waals surface area contributed by atoms with E-state index in [4.69, 9.17) is 0 Å². The average Bonchev–Trinajstić information content (AvgIpc) is 3.50. The quantitative estimate of drug-likeness (QED) is 0.367. The molecule has 1 aliphatic heterocycles. The van der Waals surface area contributed by atoms with Gasteiger partial charge in [0.1, 0.15) is 6.04 Å². The number of fused-ring (bicyclic) bond motifs is 2. The van der Waals surface area contributed by atoms with Crippen LogP contribution < -0.4 is 10.6 Å². The number of anilines is 1. The maximum absolute atomic E-state index is 13.8. The Morgan fingerprint density at radius 1 is 1.14 bits per heavy atom. The number of carbonyl (C=O) groups is 3. The van der Waals surface area contributed by atoms with Gasteiger partial charge in [-0.15, -0.1) is 16.4 Å². The zero-order valence-corrected chi connectivity index (χ0v) is 20.3. The summed E-state index contributed by atoms with van der Waals surface area (Å²) in [7, 11) is 0. The molecule has 184 valence electrons. The molecule has 1 atom stereocenters. The van der Waals surface area contributed by atoms with Crippen LogP contribution in [0.2, 0.25) is 0 Å². The maximum Gasteiger partial charge on any atom is 0.265 e. The third-order valence-electron chi connectivity index (χ3n) is 6.22. The highest BCUT2D eigenvalue weighted by Crippen LogP contribution is 2.29. The van der Waals surface area contributed by atoms with Crippen LogP contribution in [0, 0.1) is 5.95 Å². The third-order valence-corrected chi connectivity index (χ3v) is 7.46. The Balaban J connectivity index is 1.25. The fourth-order valence-corrected chi connectivity index (χ4v) is 5.33. The minimum Gasteiger partial charge on any atom is -0.340 e. The van der Waals surface area contributed by atoms with Gasteiger partial charge in [0, 0.05) is 29.2 Å². The molecule has 3 N–H and O–H groups in total. The molecule has 0 fully saturated rings. The number of thiophene rings is 1. The van der Waals surface area contributed by atoms with E-state index in [9.17, 15) is 18.8 Å². The molecule has 5 rings (SSSR count). The van der Waals surface area contributed by atoms with E-state index in [1.54, 1.807) is 17.0 Å². The molecule has 4 aromatic rings. The molecule has 0 unspecified atom stereocenters. The number of nitrogens with zero attached hydrogens (tertiary/aromatic N) is 2. The number of para-hydroxylation sites is 1. The lowest BCUT2D eigenvalue weighted by molar-refractivity contribution is -0.134. The second-order valence-corrected chi connectivity index (χ2v) is 9.73. The number of carbonyl (C=O) groups excluding carboxylic acids is 3. The number of rotatable bonds is 6. The molecule has 0 radical (unpaired) electrons. The first-order valence-electron chi connectivity index (χ1n) is 11.6. The molecule has 36 heavy (non-hydrogen) atoms. The van der Waals surface area contributed by atoms with Crippen molar-refractivity contribution in [1.29, 1.82) is 0 Å². The molecular formula is C26H24FN5O3S. The first kappa shape index (κ1) is 23.7. The monoisotopic (exact) mass is 505 g/mol. The molecule has 3 amide bonds. The fraction of sp³-hybridized carbons (Fsp3) is 0.231. The Morgan fingerprint density at radius 3 is 2.72 bits per heavy atom. The summed E-state index contributed by atoms with van der Waals surface area (Å²) in [6.07, 6.45) is 1.05. The van der Waals surface area contributed by atoms with Crippen molar-refractivity contribution in [2.24, 2.45) is 0 Å². The lowest BCUT2D eigenvalue weighted by Gasteiger charge is -2.30. The minimum atomic E-state index is -0.719. The van der Waals surface area contributed by atoms with Gasteiger partial charge in [-0.05, 0) is 54.8 Å². The van der Waals surface area contributed by atoms with Gasteiger partial charge in [-0.2, -0.15) is 4.39 Å². The number of amides is 3. The Kier molecular flexibility index (Phi) is 6.51. The molecule has 0 saturated carbocycles. The Morgan fingerprint density at radius 2 is 1.94 bits per heavy atom. The highest BCUT2D eigenvalue weighted by molar-refractivity contribution is 7.14. The van der Waals surface area contributed by atoms with Crippen molar-refractivity contribution in [3.05, 3.63) is 81.4 Å². The Bertz CT molecular complexity index is 1450. The SMILES string of the molecule is CC[C@@H](NC(=O)c1ccc2[nH]nc(F)c2c1)C(=O)N1CCc2sc(C(=O)Nc3ccccc3)cc2C1. The molecule has 0 aliphatic carbocycles. The summed E-state index contributed by atoms with van der Waals surface area (Å²) in [5.41, 5.74) is 2.41. The molecule has 0 saturated heterocycles. The van der Waals surface area contributed by atoms with E-state index in [0.717, 1.165) is 16.1 Å². The largest absolute Gasteiger partial charge is 0.340 e. The van der Waals surface area contributed by atoms with E-state index in [2.05, 4.69) is 20.8 Å². The number of benzene rings is 2. The molecule has 10 heteroatoms. The smallest absolute Gasteiger partial charge is 0.265 e. The summed E-state index contributed by atoms with van der Waals surface area (Å²) in [5, 5.41) is 12.0. The lowest BCUT2D eigenvalue weighted by atomic mass is 10.1. The van der Waals surface area contributed by atoms with Crippen LogP contribution in [-0.2, 0) is 17.8 Å². The van der Waals surface area contributed by atoms with Crippen LogP contribution in [0.15, 0.2) is 54.6 Å². The van der Waals surface area contributed by atoms with Crippen LogP contribution in [0.4, 0.5) is 10.1 Å². The molecule has 3 heterocycles. The topological polar surface area (TPSA) is 107 Å². The second-order valence-electron chi connectivity index (χ2n) is 8.60. The minimum absolute atomic E-state index is 0.178. The number of hydrogen-bond acceptors (Lipinski definition) is 5. The third kappa shape index (κ3) is 4.72. The van der Waals surface area contributed by atoms with Crippen molar-refractivity contribution in [2.75, 3.05) is 11.9 Å². The van der Waals surface area contributed by atoms with Gasteiger partial charge in [0.15, 0.2) is 0 Å². The van der Waals surface area contributed by atoms with Crippen molar-refractivity contribution in [3.63, 3.8) is 0 Å². The number of aromatic amines is 1. The molecule has 0 bridgehead atoms. The van der Waals surface area contributed by atoms with Crippen molar-refractivity contribution in [1.82, 2.24) is 20.4 Å². The van der Waals surface area contributed by atoms with Crippen molar-refractivity contribution >= 4 is 45.6 Å². The number of aromatic nitrogens is 2. The first-order valence-corrected chi connectivity index (χ1v) is 12.5. The van der Waals surface area contributed by atoms with E-state index >= 15 is 0 Å². The average molecular weight is 506 g/mol. The van der Waals surface area contributed by atoms with Gasteiger partial charge in [-0.1, -0.05) is 25.1 Å². The lowest BCUT2D eigenvalue weighted by Crippen LogP contribution is -2.49. The van der Waals surface area contributed by atoms with Gasteiger partial charge in [0.05, 0.1) is 15.8 Å². The van der Waals surface area contributed by atoms with Crippen LogP contribution in [0.5, 0.6) is 0 Å². The molecule has 0 spiro atoms. The standard InChI is InChI=1S/C26H24FN5O3S/c1-2-19(29-24(33)15-8-9-20-18(12-15)23(27)31-30-20)26(35)32-11-10-21-16(14-32)13-22(36-21)25(34)28-17-6-4-3-5-7-17/h3-9,12-13,19H,2,10-11,14H2,1H3,(H,28,34)(H,29,33)(H,30,31)/t19-/m1/s1. The van der Waals surface area contributed by atoms with Gasteiger partial charge >= 0.3 is 0 Å². The van der Waals surface area contributed by atoms with E-state index in [0.29, 0.717) is 36.3 Å². The Hall–Kier alpha value is -4.05. The van der Waals surface area contributed by atoms with Crippen LogP contribution in [0.3, 0.4) is 0 Å². The molecule has 2 aromatic heterocycles. The first-order chi connectivity index (χ1) is 17.4. The van der Waals surface area contributed by atoms with Crippen molar-refractivity contribution < 1.29 is 18.8 Å². The van der Waals surface area contributed by atoms with Gasteiger partial charge in [0.25, 0.3) is 11.8 Å². The number of nitrogens with one attached hydrogen (secondary N) is 3. The van der Waals surface area contributed by atoms with E-state index < -0.39 is 17.9 Å². The predicted molar refractivity (Wildman–Crippen MR) is 135 cm³/mol. The van der Waals surface area contributed by atoms with Crippen LogP contribution in [-0.4, -0.2) is 45.4 Å². The van der Waals surface area contributed by atoms with Crippen molar-refractivity contribution in [3.8, 4) is 0 Å². The van der Waals surface area contributed by atoms with Crippen molar-refractivity contribution in [2.45, 2.75) is 32.4 Å². The zero-order valence-electron chi connectivity index (χ0n) is 19.5. The van der Waals surface area contributed by atoms with Crippen LogP contribution in [0.25, 0.3) is 10.9 Å².